The number of nitrogens with zero attached hydrogens (tertiary/aromatic N) is 1. The molecule has 0 radical (unpaired) electrons. The first-order valence-corrected chi connectivity index (χ1v) is 8.52. The number of aliphatic carboxylic acids is 1. The van der Waals surface area contributed by atoms with Crippen molar-refractivity contribution in [3.05, 3.63) is 77.5 Å². The van der Waals surface area contributed by atoms with E-state index in [1.54, 1.807) is 0 Å². The largest absolute Gasteiger partial charge is 0.481 e. The molecule has 0 saturated carbocycles. The Morgan fingerprint density at radius 1 is 0.833 bits per heavy atom. The number of carboxylic acids is 1. The third kappa shape index (κ3) is 4.61. The maximum Gasteiger partial charge on any atom is 0.416 e. The van der Waals surface area contributed by atoms with Crippen LogP contribution in [0.25, 0.3) is 22.4 Å². The van der Waals surface area contributed by atoms with Crippen LogP contribution in [0.3, 0.4) is 0 Å². The van der Waals surface area contributed by atoms with E-state index in [1.165, 1.54) is 24.4 Å². The number of pyridine rings is 1. The first kappa shape index (κ1) is 21.4. The lowest BCUT2D eigenvalue weighted by Crippen LogP contribution is -2.07. The number of rotatable bonds is 4. The summed E-state index contributed by atoms with van der Waals surface area (Å²) in [5, 5.41) is 9.19. The summed E-state index contributed by atoms with van der Waals surface area (Å²) in [5.41, 5.74) is -1.81. The molecule has 0 aliphatic heterocycles. The molecule has 0 aliphatic rings. The number of carbonyl (C=O) groups is 1. The van der Waals surface area contributed by atoms with E-state index in [1.807, 2.05) is 0 Å². The lowest BCUT2D eigenvalue weighted by molar-refractivity contribution is -0.138. The Bertz CT molecular complexity index is 1090. The van der Waals surface area contributed by atoms with Crippen molar-refractivity contribution in [1.82, 2.24) is 4.98 Å². The molecular weight excluding hydrogens is 412 g/mol. The molecule has 0 spiro atoms. The molecule has 9 heteroatoms. The molecule has 30 heavy (non-hydrogen) atoms. The van der Waals surface area contributed by atoms with Gasteiger partial charge < -0.3 is 5.11 Å². The smallest absolute Gasteiger partial charge is 0.416 e. The summed E-state index contributed by atoms with van der Waals surface area (Å²) < 4.78 is 78.9. The van der Waals surface area contributed by atoms with Gasteiger partial charge in [0.15, 0.2) is 0 Å². The fraction of sp³-hybridized carbons (Fsp3) is 0.143. The Balaban J connectivity index is 2.28. The summed E-state index contributed by atoms with van der Waals surface area (Å²) in [6.45, 7) is 0. The first-order chi connectivity index (χ1) is 14.0. The maximum atomic E-state index is 13.2. The van der Waals surface area contributed by atoms with Crippen LogP contribution in [0, 0.1) is 0 Å². The minimum atomic E-state index is -4.65. The predicted octanol–water partition coefficient (Wildman–Crippen LogP) is 6.08. The van der Waals surface area contributed by atoms with E-state index < -0.39 is 35.9 Å². The van der Waals surface area contributed by atoms with Gasteiger partial charge in [0.05, 0.1) is 23.2 Å². The van der Waals surface area contributed by atoms with Gasteiger partial charge in [-0.25, -0.2) is 0 Å². The van der Waals surface area contributed by atoms with E-state index in [2.05, 4.69) is 4.98 Å². The number of hydrogen-bond donors (Lipinski definition) is 1. The Hall–Kier alpha value is -3.36. The maximum absolute atomic E-state index is 13.2. The third-order valence-electron chi connectivity index (χ3n) is 4.32. The Morgan fingerprint density at radius 3 is 1.90 bits per heavy atom. The predicted molar refractivity (Wildman–Crippen MR) is 96.5 cm³/mol. The van der Waals surface area contributed by atoms with Gasteiger partial charge in [-0.05, 0) is 41.5 Å². The van der Waals surface area contributed by atoms with E-state index in [0.29, 0.717) is 0 Å². The van der Waals surface area contributed by atoms with Crippen LogP contribution >= 0.6 is 0 Å². The van der Waals surface area contributed by atoms with Crippen LogP contribution in [-0.2, 0) is 23.6 Å². The Morgan fingerprint density at radius 2 is 1.37 bits per heavy atom. The summed E-state index contributed by atoms with van der Waals surface area (Å²) in [5.74, 6) is -1.25. The molecule has 1 N–H and O–H groups in total. The van der Waals surface area contributed by atoms with Gasteiger partial charge in [0.1, 0.15) is 0 Å². The zero-order valence-corrected chi connectivity index (χ0v) is 15.1. The highest BCUT2D eigenvalue weighted by molar-refractivity contribution is 5.86. The van der Waals surface area contributed by atoms with Crippen molar-refractivity contribution < 1.29 is 36.2 Å². The van der Waals surface area contributed by atoms with Gasteiger partial charge in [-0.3, -0.25) is 9.78 Å². The van der Waals surface area contributed by atoms with E-state index in [9.17, 15) is 36.2 Å². The summed E-state index contributed by atoms with van der Waals surface area (Å²) in [6.07, 6.45) is -8.61. The lowest BCUT2D eigenvalue weighted by atomic mass is 9.92. The van der Waals surface area contributed by atoms with E-state index in [-0.39, 0.29) is 27.9 Å². The van der Waals surface area contributed by atoms with Crippen molar-refractivity contribution in [2.45, 2.75) is 18.8 Å². The van der Waals surface area contributed by atoms with E-state index >= 15 is 0 Å². The summed E-state index contributed by atoms with van der Waals surface area (Å²) in [6, 6.07) is 9.62. The van der Waals surface area contributed by atoms with Gasteiger partial charge in [0, 0.05) is 17.3 Å². The normalized spacial score (nSPS) is 12.1. The van der Waals surface area contributed by atoms with Crippen LogP contribution in [0.15, 0.2) is 60.8 Å². The highest BCUT2D eigenvalue weighted by atomic mass is 19.4. The van der Waals surface area contributed by atoms with Crippen molar-refractivity contribution in [1.29, 1.82) is 0 Å². The number of carboxylic acid groups (broad SMARTS) is 1. The fourth-order valence-electron chi connectivity index (χ4n) is 3.05. The summed E-state index contributed by atoms with van der Waals surface area (Å²) in [7, 11) is 0. The van der Waals surface area contributed by atoms with Gasteiger partial charge in [-0.2, -0.15) is 26.3 Å². The second kappa shape index (κ2) is 7.81. The fourth-order valence-corrected chi connectivity index (χ4v) is 3.05. The second-order valence-electron chi connectivity index (χ2n) is 6.42. The van der Waals surface area contributed by atoms with Crippen LogP contribution in [-0.4, -0.2) is 16.1 Å². The SMILES string of the molecule is O=C(O)Cc1ccnc(-c2cccc(C(F)(F)F)c2)c1-c1cccc(C(F)(F)F)c1. The summed E-state index contributed by atoms with van der Waals surface area (Å²) >= 11 is 0. The van der Waals surface area contributed by atoms with Crippen LogP contribution < -0.4 is 0 Å². The van der Waals surface area contributed by atoms with Crippen molar-refractivity contribution in [3.8, 4) is 22.4 Å². The number of aromatic nitrogens is 1. The molecule has 0 saturated heterocycles. The molecule has 0 fully saturated rings. The zero-order valence-electron chi connectivity index (χ0n) is 15.1. The monoisotopic (exact) mass is 425 g/mol. The molecular formula is C21H13F6NO2. The second-order valence-corrected chi connectivity index (χ2v) is 6.42. The molecule has 0 bridgehead atoms. The van der Waals surface area contributed by atoms with E-state index in [4.69, 9.17) is 0 Å². The number of halogens is 6. The molecule has 0 amide bonds. The Kier molecular flexibility index (Phi) is 5.56. The summed E-state index contributed by atoms with van der Waals surface area (Å²) in [4.78, 5) is 15.3. The highest BCUT2D eigenvalue weighted by Crippen LogP contribution is 2.39. The third-order valence-corrected chi connectivity index (χ3v) is 4.32. The van der Waals surface area contributed by atoms with Crippen molar-refractivity contribution in [2.75, 3.05) is 0 Å². The molecule has 3 rings (SSSR count). The molecule has 3 nitrogen and oxygen atoms in total. The van der Waals surface area contributed by atoms with Gasteiger partial charge in [0.25, 0.3) is 0 Å². The van der Waals surface area contributed by atoms with Crippen molar-refractivity contribution in [3.63, 3.8) is 0 Å². The van der Waals surface area contributed by atoms with Crippen LogP contribution in [0.5, 0.6) is 0 Å². The molecule has 0 aliphatic carbocycles. The van der Waals surface area contributed by atoms with Gasteiger partial charge in [-0.15, -0.1) is 0 Å². The molecule has 156 valence electrons. The topological polar surface area (TPSA) is 50.2 Å². The molecule has 3 aromatic rings. The molecule has 1 heterocycles. The van der Waals surface area contributed by atoms with Crippen molar-refractivity contribution in [2.24, 2.45) is 0 Å². The van der Waals surface area contributed by atoms with Crippen LogP contribution in [0.4, 0.5) is 26.3 Å². The first-order valence-electron chi connectivity index (χ1n) is 8.52. The van der Waals surface area contributed by atoms with Crippen LogP contribution in [0.1, 0.15) is 16.7 Å². The number of hydrogen-bond acceptors (Lipinski definition) is 2. The zero-order chi connectivity index (χ0) is 22.1. The number of alkyl halides is 6. The Labute approximate surface area is 166 Å². The average molecular weight is 425 g/mol. The minimum absolute atomic E-state index is 0.00147. The lowest BCUT2D eigenvalue weighted by Gasteiger charge is -2.16. The average Bonchev–Trinajstić information content (AvgIpc) is 2.66. The van der Waals surface area contributed by atoms with Crippen molar-refractivity contribution >= 4 is 5.97 Å². The van der Waals surface area contributed by atoms with E-state index in [0.717, 1.165) is 36.4 Å². The molecule has 0 unspecified atom stereocenters. The van der Waals surface area contributed by atoms with Gasteiger partial charge in [0.2, 0.25) is 0 Å². The molecule has 2 aromatic carbocycles. The number of benzene rings is 2. The molecule has 1 aromatic heterocycles. The highest BCUT2D eigenvalue weighted by Gasteiger charge is 2.32. The van der Waals surface area contributed by atoms with Crippen LogP contribution in [0.2, 0.25) is 0 Å². The standard InChI is InChI=1S/C21H13F6NO2/c22-20(23,24)15-5-1-3-12(9-15)18-13(11-17(29)30)7-8-28-19(18)14-4-2-6-16(10-14)21(25,26)27/h1-10H,11H2,(H,29,30). The van der Waals surface area contributed by atoms with Gasteiger partial charge in [-0.1, -0.05) is 24.3 Å². The minimum Gasteiger partial charge on any atom is -0.481 e. The molecule has 0 atom stereocenters. The van der Waals surface area contributed by atoms with Gasteiger partial charge >= 0.3 is 18.3 Å². The quantitative estimate of drug-likeness (QED) is 0.516.